The molecule has 0 saturated heterocycles. The van der Waals surface area contributed by atoms with E-state index in [0.717, 1.165) is 12.0 Å². The number of carbonyl (C=O) groups excluding carboxylic acids is 1. The molecule has 0 saturated carbocycles. The van der Waals surface area contributed by atoms with Gasteiger partial charge in [0.25, 0.3) is 5.91 Å². The van der Waals surface area contributed by atoms with Gasteiger partial charge in [-0.25, -0.2) is 0 Å². The molecule has 100 valence electrons. The highest BCUT2D eigenvalue weighted by atomic mass is 79.9. The molecule has 0 spiro atoms. The Bertz CT molecular complexity index is 565. The van der Waals surface area contributed by atoms with E-state index in [-0.39, 0.29) is 18.3 Å². The van der Waals surface area contributed by atoms with Gasteiger partial charge in [-0.05, 0) is 58.6 Å². The molecule has 0 aliphatic carbocycles. The number of carbonyl (C=O) groups is 1. The van der Waals surface area contributed by atoms with Crippen molar-refractivity contribution in [2.45, 2.75) is 12.8 Å². The highest BCUT2D eigenvalue weighted by Gasteiger charge is 2.10. The normalized spacial score (nSPS) is 10.4. The summed E-state index contributed by atoms with van der Waals surface area (Å²) in [4.78, 5) is 11.9. The van der Waals surface area contributed by atoms with Crippen LogP contribution in [0.5, 0.6) is 0 Å². The lowest BCUT2D eigenvalue weighted by atomic mass is 10.1. The molecule has 1 aromatic carbocycles. The lowest BCUT2D eigenvalue weighted by Gasteiger charge is -2.05. The molecule has 2 N–H and O–H groups in total. The Morgan fingerprint density at radius 2 is 2.16 bits per heavy atom. The molecule has 4 nitrogen and oxygen atoms in total. The lowest BCUT2D eigenvalue weighted by Crippen LogP contribution is -2.10. The van der Waals surface area contributed by atoms with E-state index >= 15 is 0 Å². The van der Waals surface area contributed by atoms with Crippen LogP contribution in [0.4, 0.5) is 5.69 Å². The van der Waals surface area contributed by atoms with Crippen molar-refractivity contribution in [3.63, 3.8) is 0 Å². The third kappa shape index (κ3) is 3.94. The quantitative estimate of drug-likeness (QED) is 0.888. The summed E-state index contributed by atoms with van der Waals surface area (Å²) in [6.45, 7) is 0.164. The van der Waals surface area contributed by atoms with E-state index in [4.69, 9.17) is 9.52 Å². The van der Waals surface area contributed by atoms with Gasteiger partial charge in [0, 0.05) is 12.3 Å². The zero-order valence-electron chi connectivity index (χ0n) is 10.2. The van der Waals surface area contributed by atoms with Crippen molar-refractivity contribution in [3.05, 3.63) is 52.4 Å². The number of halogens is 1. The molecular formula is C14H14BrNO3. The zero-order valence-corrected chi connectivity index (χ0v) is 11.8. The van der Waals surface area contributed by atoms with Gasteiger partial charge in [-0.2, -0.15) is 0 Å². The van der Waals surface area contributed by atoms with Gasteiger partial charge >= 0.3 is 0 Å². The van der Waals surface area contributed by atoms with Gasteiger partial charge in [0.05, 0.1) is 0 Å². The van der Waals surface area contributed by atoms with Crippen LogP contribution in [-0.2, 0) is 6.42 Å². The highest BCUT2D eigenvalue weighted by molar-refractivity contribution is 9.10. The van der Waals surface area contributed by atoms with E-state index < -0.39 is 0 Å². The summed E-state index contributed by atoms with van der Waals surface area (Å²) in [6, 6.07) is 10.8. The molecule has 2 rings (SSSR count). The van der Waals surface area contributed by atoms with Gasteiger partial charge in [0.1, 0.15) is 0 Å². The first-order valence-corrected chi connectivity index (χ1v) is 6.75. The second kappa shape index (κ2) is 6.54. The van der Waals surface area contributed by atoms with E-state index in [9.17, 15) is 4.79 Å². The fourth-order valence-corrected chi connectivity index (χ4v) is 2.02. The maximum absolute atomic E-state index is 11.9. The molecule has 1 heterocycles. The highest BCUT2D eigenvalue weighted by Crippen LogP contribution is 2.17. The SMILES string of the molecule is O=C(Nc1cccc(CCCO)c1)c1ccc(Br)o1. The number of hydrogen-bond acceptors (Lipinski definition) is 3. The van der Waals surface area contributed by atoms with Crippen LogP contribution in [0.15, 0.2) is 45.5 Å². The Balaban J connectivity index is 2.04. The van der Waals surface area contributed by atoms with Gasteiger partial charge in [-0.1, -0.05) is 12.1 Å². The van der Waals surface area contributed by atoms with Crippen molar-refractivity contribution >= 4 is 27.5 Å². The smallest absolute Gasteiger partial charge is 0.291 e. The molecule has 1 amide bonds. The van der Waals surface area contributed by atoms with Gasteiger partial charge in [-0.3, -0.25) is 4.79 Å². The lowest BCUT2D eigenvalue weighted by molar-refractivity contribution is 0.0995. The van der Waals surface area contributed by atoms with Gasteiger partial charge in [-0.15, -0.1) is 0 Å². The van der Waals surface area contributed by atoms with Gasteiger partial charge < -0.3 is 14.8 Å². The average Bonchev–Trinajstić information content (AvgIpc) is 2.83. The van der Waals surface area contributed by atoms with E-state index in [1.165, 1.54) is 0 Å². The van der Waals surface area contributed by atoms with E-state index in [0.29, 0.717) is 16.8 Å². The van der Waals surface area contributed by atoms with Crippen molar-refractivity contribution in [1.82, 2.24) is 0 Å². The summed E-state index contributed by atoms with van der Waals surface area (Å²) in [5.74, 6) is -0.0300. The summed E-state index contributed by atoms with van der Waals surface area (Å²) >= 11 is 3.16. The minimum Gasteiger partial charge on any atom is -0.444 e. The van der Waals surface area contributed by atoms with Crippen LogP contribution in [0.3, 0.4) is 0 Å². The van der Waals surface area contributed by atoms with E-state index in [1.807, 2.05) is 24.3 Å². The number of aliphatic hydroxyl groups excluding tert-OH is 1. The molecule has 0 atom stereocenters. The maximum atomic E-state index is 11.9. The Labute approximate surface area is 119 Å². The van der Waals surface area contributed by atoms with Crippen LogP contribution in [0.1, 0.15) is 22.5 Å². The van der Waals surface area contributed by atoms with E-state index in [2.05, 4.69) is 21.2 Å². The van der Waals surface area contributed by atoms with Crippen LogP contribution < -0.4 is 5.32 Å². The molecule has 0 aliphatic rings. The van der Waals surface area contributed by atoms with Crippen molar-refractivity contribution in [2.75, 3.05) is 11.9 Å². The number of nitrogens with one attached hydrogen (secondary N) is 1. The van der Waals surface area contributed by atoms with Crippen molar-refractivity contribution in [2.24, 2.45) is 0 Å². The summed E-state index contributed by atoms with van der Waals surface area (Å²) in [5, 5.41) is 11.6. The third-order valence-electron chi connectivity index (χ3n) is 2.61. The molecule has 0 radical (unpaired) electrons. The number of benzene rings is 1. The Hall–Kier alpha value is -1.59. The molecule has 19 heavy (non-hydrogen) atoms. The first kappa shape index (κ1) is 13.8. The predicted molar refractivity (Wildman–Crippen MR) is 76.2 cm³/mol. The molecule has 0 bridgehead atoms. The molecule has 1 aromatic heterocycles. The number of hydrogen-bond donors (Lipinski definition) is 2. The largest absolute Gasteiger partial charge is 0.444 e. The minimum atomic E-state index is -0.287. The predicted octanol–water partition coefficient (Wildman–Crippen LogP) is 3.22. The second-order valence-corrected chi connectivity index (χ2v) is 4.87. The van der Waals surface area contributed by atoms with Crippen LogP contribution in [0.2, 0.25) is 0 Å². The number of furan rings is 1. The minimum absolute atomic E-state index is 0.164. The van der Waals surface area contributed by atoms with Gasteiger partial charge in [0.15, 0.2) is 10.4 Å². The first-order chi connectivity index (χ1) is 9.19. The molecule has 0 unspecified atom stereocenters. The Kier molecular flexibility index (Phi) is 4.76. The van der Waals surface area contributed by atoms with Crippen molar-refractivity contribution < 1.29 is 14.3 Å². The molecule has 5 heteroatoms. The maximum Gasteiger partial charge on any atom is 0.291 e. The number of amides is 1. The number of aryl methyl sites for hydroxylation is 1. The van der Waals surface area contributed by atoms with Crippen molar-refractivity contribution in [3.8, 4) is 0 Å². The van der Waals surface area contributed by atoms with E-state index in [1.54, 1.807) is 12.1 Å². The summed E-state index contributed by atoms with van der Waals surface area (Å²) < 4.78 is 5.71. The standard InChI is InChI=1S/C14H14BrNO3/c15-13-7-6-12(19-13)14(18)16-11-5-1-3-10(9-11)4-2-8-17/h1,3,5-7,9,17H,2,4,8H2,(H,16,18). The summed E-state index contributed by atoms with van der Waals surface area (Å²) in [6.07, 6.45) is 1.50. The van der Waals surface area contributed by atoms with Gasteiger partial charge in [0.2, 0.25) is 0 Å². The molecule has 0 aliphatic heterocycles. The van der Waals surface area contributed by atoms with Crippen LogP contribution in [-0.4, -0.2) is 17.6 Å². The molecule has 0 fully saturated rings. The number of aliphatic hydroxyl groups is 1. The number of rotatable bonds is 5. The summed E-state index contributed by atoms with van der Waals surface area (Å²) in [7, 11) is 0. The average molecular weight is 324 g/mol. The van der Waals surface area contributed by atoms with Crippen LogP contribution >= 0.6 is 15.9 Å². The summed E-state index contributed by atoms with van der Waals surface area (Å²) in [5.41, 5.74) is 1.79. The van der Waals surface area contributed by atoms with Crippen molar-refractivity contribution in [1.29, 1.82) is 0 Å². The monoisotopic (exact) mass is 323 g/mol. The first-order valence-electron chi connectivity index (χ1n) is 5.95. The topological polar surface area (TPSA) is 62.5 Å². The molecular weight excluding hydrogens is 310 g/mol. The zero-order chi connectivity index (χ0) is 13.7. The Morgan fingerprint density at radius 1 is 1.32 bits per heavy atom. The van der Waals surface area contributed by atoms with Crippen LogP contribution in [0, 0.1) is 0 Å². The third-order valence-corrected chi connectivity index (χ3v) is 3.03. The fourth-order valence-electron chi connectivity index (χ4n) is 1.72. The fraction of sp³-hybridized carbons (Fsp3) is 0.214. The number of anilines is 1. The molecule has 2 aromatic rings. The second-order valence-electron chi connectivity index (χ2n) is 4.09. The van der Waals surface area contributed by atoms with Crippen LogP contribution in [0.25, 0.3) is 0 Å². The Morgan fingerprint density at radius 3 is 2.84 bits per heavy atom.